The predicted octanol–water partition coefficient (Wildman–Crippen LogP) is 3.05. The number of carbonyl (C=O) groups is 1. The molecule has 0 aliphatic carbocycles. The van der Waals surface area contributed by atoms with Crippen molar-refractivity contribution in [3.63, 3.8) is 0 Å². The maximum absolute atomic E-state index is 12.9. The minimum Gasteiger partial charge on any atom is -0.496 e. The van der Waals surface area contributed by atoms with Crippen LogP contribution < -0.4 is 14.8 Å². The van der Waals surface area contributed by atoms with E-state index in [1.54, 1.807) is 32.1 Å². The molecule has 7 heteroatoms. The summed E-state index contributed by atoms with van der Waals surface area (Å²) in [6.45, 7) is 1.37. The lowest BCUT2D eigenvalue weighted by atomic mass is 10.1. The van der Waals surface area contributed by atoms with Gasteiger partial charge in [-0.3, -0.25) is 9.48 Å². The van der Waals surface area contributed by atoms with Crippen molar-refractivity contribution in [2.24, 2.45) is 7.05 Å². The van der Waals surface area contributed by atoms with E-state index in [1.165, 1.54) is 0 Å². The van der Waals surface area contributed by atoms with Crippen molar-refractivity contribution in [3.8, 4) is 22.8 Å². The molecule has 3 rings (SSSR count). The number of aromatic nitrogens is 2. The highest BCUT2D eigenvalue weighted by Gasteiger charge is 2.19. The number of aryl methyl sites for hydroxylation is 1. The Kier molecular flexibility index (Phi) is 6.86. The van der Waals surface area contributed by atoms with Gasteiger partial charge in [-0.1, -0.05) is 24.3 Å². The van der Waals surface area contributed by atoms with Gasteiger partial charge in [0.1, 0.15) is 23.8 Å². The van der Waals surface area contributed by atoms with Gasteiger partial charge in [0.05, 0.1) is 19.3 Å². The van der Waals surface area contributed by atoms with E-state index in [-0.39, 0.29) is 5.91 Å². The largest absolute Gasteiger partial charge is 0.496 e. The first-order chi connectivity index (χ1) is 14.1. The summed E-state index contributed by atoms with van der Waals surface area (Å²) in [6.07, 6.45) is 1.71. The van der Waals surface area contributed by atoms with Crippen molar-refractivity contribution in [3.05, 3.63) is 65.9 Å². The Labute approximate surface area is 170 Å². The number of ether oxygens (including phenoxy) is 3. The van der Waals surface area contributed by atoms with Gasteiger partial charge in [-0.2, -0.15) is 5.10 Å². The molecule has 0 aliphatic rings. The molecule has 1 aromatic heterocycles. The van der Waals surface area contributed by atoms with Crippen LogP contribution in [0.5, 0.6) is 11.5 Å². The minimum absolute atomic E-state index is 0.204. The van der Waals surface area contributed by atoms with Crippen LogP contribution in [0.3, 0.4) is 0 Å². The molecule has 0 radical (unpaired) electrons. The molecule has 1 heterocycles. The topological polar surface area (TPSA) is 74.6 Å². The number of methoxy groups -OCH3 is 2. The van der Waals surface area contributed by atoms with Crippen molar-refractivity contribution in [2.75, 3.05) is 27.4 Å². The summed E-state index contributed by atoms with van der Waals surface area (Å²) in [5, 5.41) is 7.42. The summed E-state index contributed by atoms with van der Waals surface area (Å²) in [7, 11) is 5.02. The fourth-order valence-electron chi connectivity index (χ4n) is 2.96. The molecule has 0 aliphatic heterocycles. The van der Waals surface area contributed by atoms with Gasteiger partial charge >= 0.3 is 0 Å². The summed E-state index contributed by atoms with van der Waals surface area (Å²) in [6, 6.07) is 15.1. The van der Waals surface area contributed by atoms with Crippen molar-refractivity contribution in [2.45, 2.75) is 6.54 Å². The molecule has 0 fully saturated rings. The fourth-order valence-corrected chi connectivity index (χ4v) is 2.96. The molecule has 0 atom stereocenters. The highest BCUT2D eigenvalue weighted by atomic mass is 16.5. The first-order valence-electron chi connectivity index (χ1n) is 9.28. The molecule has 2 aromatic carbocycles. The van der Waals surface area contributed by atoms with Gasteiger partial charge < -0.3 is 19.5 Å². The number of carbonyl (C=O) groups excluding carboxylic acids is 1. The molecule has 0 bridgehead atoms. The van der Waals surface area contributed by atoms with E-state index < -0.39 is 0 Å². The molecule has 1 amide bonds. The van der Waals surface area contributed by atoms with Crippen LogP contribution in [0, 0.1) is 0 Å². The van der Waals surface area contributed by atoms with Gasteiger partial charge in [0.15, 0.2) is 0 Å². The molecule has 152 valence electrons. The highest BCUT2D eigenvalue weighted by Crippen LogP contribution is 2.30. The maximum atomic E-state index is 12.9. The zero-order chi connectivity index (χ0) is 20.6. The van der Waals surface area contributed by atoms with Gasteiger partial charge in [0, 0.05) is 32.5 Å². The third-order valence-corrected chi connectivity index (χ3v) is 4.34. The Bertz CT molecular complexity index is 968. The lowest BCUT2D eigenvalue weighted by Gasteiger charge is -2.10. The Hall–Kier alpha value is -3.32. The molecular formula is C22H25N3O4. The zero-order valence-electron chi connectivity index (χ0n) is 16.8. The zero-order valence-corrected chi connectivity index (χ0v) is 16.8. The minimum atomic E-state index is -0.204. The second kappa shape index (κ2) is 9.75. The number of hydrogen-bond donors (Lipinski definition) is 1. The van der Waals surface area contributed by atoms with E-state index in [0.29, 0.717) is 36.8 Å². The standard InChI is InChI=1S/C22H25N3O4/c1-25-15-19(21(24-25)18-9-4-5-10-20(18)28-3)22(26)23-14-16-7-6-8-17(13-16)29-12-11-27-2/h4-10,13,15H,11-12,14H2,1-3H3,(H,23,26). The van der Waals surface area contributed by atoms with Gasteiger partial charge in [-0.25, -0.2) is 0 Å². The van der Waals surface area contributed by atoms with Gasteiger partial charge in [-0.15, -0.1) is 0 Å². The molecular weight excluding hydrogens is 370 g/mol. The van der Waals surface area contributed by atoms with E-state index in [9.17, 15) is 4.79 Å². The second-order valence-corrected chi connectivity index (χ2v) is 6.44. The van der Waals surface area contributed by atoms with Crippen LogP contribution in [0.1, 0.15) is 15.9 Å². The molecule has 1 N–H and O–H groups in total. The third kappa shape index (κ3) is 5.14. The predicted molar refractivity (Wildman–Crippen MR) is 110 cm³/mol. The molecule has 7 nitrogen and oxygen atoms in total. The van der Waals surface area contributed by atoms with E-state index in [4.69, 9.17) is 14.2 Å². The van der Waals surface area contributed by atoms with Gasteiger partial charge in [0.25, 0.3) is 5.91 Å². The number of hydrogen-bond acceptors (Lipinski definition) is 5. The average molecular weight is 395 g/mol. The summed E-state index contributed by atoms with van der Waals surface area (Å²) < 4.78 is 17.7. The monoisotopic (exact) mass is 395 g/mol. The third-order valence-electron chi connectivity index (χ3n) is 4.34. The summed E-state index contributed by atoms with van der Waals surface area (Å²) in [5.41, 5.74) is 2.79. The molecule has 3 aromatic rings. The number of nitrogens with zero attached hydrogens (tertiary/aromatic N) is 2. The lowest BCUT2D eigenvalue weighted by Crippen LogP contribution is -2.23. The molecule has 0 saturated heterocycles. The van der Waals surface area contributed by atoms with Crippen LogP contribution in [0.25, 0.3) is 11.3 Å². The van der Waals surface area contributed by atoms with E-state index in [2.05, 4.69) is 10.4 Å². The van der Waals surface area contributed by atoms with E-state index >= 15 is 0 Å². The molecule has 0 unspecified atom stereocenters. The van der Waals surface area contributed by atoms with Crippen LogP contribution in [0.4, 0.5) is 0 Å². The first-order valence-corrected chi connectivity index (χ1v) is 9.28. The molecule has 0 spiro atoms. The smallest absolute Gasteiger partial charge is 0.255 e. The highest BCUT2D eigenvalue weighted by molar-refractivity contribution is 6.00. The van der Waals surface area contributed by atoms with Crippen molar-refractivity contribution in [1.29, 1.82) is 0 Å². The van der Waals surface area contributed by atoms with Crippen molar-refractivity contribution in [1.82, 2.24) is 15.1 Å². The number of rotatable bonds is 9. The number of para-hydroxylation sites is 1. The number of nitrogens with one attached hydrogen (secondary N) is 1. The Balaban J connectivity index is 1.73. The Morgan fingerprint density at radius 1 is 1.10 bits per heavy atom. The SMILES string of the molecule is COCCOc1cccc(CNC(=O)c2cn(C)nc2-c2ccccc2OC)c1. The average Bonchev–Trinajstić information content (AvgIpc) is 3.14. The summed E-state index contributed by atoms with van der Waals surface area (Å²) in [5.74, 6) is 1.20. The maximum Gasteiger partial charge on any atom is 0.255 e. The second-order valence-electron chi connectivity index (χ2n) is 6.44. The van der Waals surface area contributed by atoms with Gasteiger partial charge in [-0.05, 0) is 29.8 Å². The van der Waals surface area contributed by atoms with Crippen LogP contribution >= 0.6 is 0 Å². The van der Waals surface area contributed by atoms with Gasteiger partial charge in [0.2, 0.25) is 0 Å². The quantitative estimate of drug-likeness (QED) is 0.564. The fraction of sp³-hybridized carbons (Fsp3) is 0.273. The van der Waals surface area contributed by atoms with Crippen LogP contribution in [-0.4, -0.2) is 43.1 Å². The van der Waals surface area contributed by atoms with E-state index in [1.807, 2.05) is 48.5 Å². The summed E-state index contributed by atoms with van der Waals surface area (Å²) >= 11 is 0. The number of benzene rings is 2. The van der Waals surface area contributed by atoms with Crippen molar-refractivity contribution >= 4 is 5.91 Å². The molecule has 0 saturated carbocycles. The van der Waals surface area contributed by atoms with Crippen molar-refractivity contribution < 1.29 is 19.0 Å². The molecule has 29 heavy (non-hydrogen) atoms. The van der Waals surface area contributed by atoms with E-state index in [0.717, 1.165) is 16.9 Å². The Morgan fingerprint density at radius 3 is 2.72 bits per heavy atom. The van der Waals surface area contributed by atoms with Crippen LogP contribution in [-0.2, 0) is 18.3 Å². The lowest BCUT2D eigenvalue weighted by molar-refractivity contribution is 0.0951. The van der Waals surface area contributed by atoms with Crippen LogP contribution in [0.2, 0.25) is 0 Å². The number of amides is 1. The summed E-state index contributed by atoms with van der Waals surface area (Å²) in [4.78, 5) is 12.9. The van der Waals surface area contributed by atoms with Crippen LogP contribution in [0.15, 0.2) is 54.7 Å². The Morgan fingerprint density at radius 2 is 1.93 bits per heavy atom. The first kappa shape index (κ1) is 20.4. The normalized spacial score (nSPS) is 10.6.